The van der Waals surface area contributed by atoms with E-state index in [0.717, 1.165) is 4.90 Å². The molecule has 0 aliphatic heterocycles. The van der Waals surface area contributed by atoms with Crippen molar-refractivity contribution in [3.63, 3.8) is 0 Å². The van der Waals surface area contributed by atoms with Crippen LogP contribution in [-0.2, 0) is 14.3 Å². The lowest BCUT2D eigenvalue weighted by molar-refractivity contribution is -0.144. The molecule has 1 rings (SSSR count). The molecule has 0 bridgehead atoms. The quantitative estimate of drug-likeness (QED) is 0.474. The van der Waals surface area contributed by atoms with Crippen molar-refractivity contribution in [1.82, 2.24) is 5.32 Å². The molecule has 3 N–H and O–H groups in total. The first-order chi connectivity index (χ1) is 8.52. The second kappa shape index (κ2) is 6.90. The first-order valence-electron chi connectivity index (χ1n) is 5.36. The largest absolute Gasteiger partial charge is 0.467 e. The van der Waals surface area contributed by atoms with Crippen molar-refractivity contribution in [2.24, 2.45) is 0 Å². The lowest BCUT2D eigenvalue weighted by Crippen LogP contribution is -2.42. The highest BCUT2D eigenvalue weighted by atomic mass is 32.2. The summed E-state index contributed by atoms with van der Waals surface area (Å²) in [7, 11) is 1.30. The van der Waals surface area contributed by atoms with Gasteiger partial charge in [-0.1, -0.05) is 0 Å². The summed E-state index contributed by atoms with van der Waals surface area (Å²) in [6.45, 7) is 1.36. The summed E-state index contributed by atoms with van der Waals surface area (Å²) in [6.07, 6.45) is 0. The van der Waals surface area contributed by atoms with Crippen molar-refractivity contribution in [1.29, 1.82) is 0 Å². The molecule has 1 atom stereocenters. The van der Waals surface area contributed by atoms with Crippen LogP contribution in [-0.4, -0.2) is 30.8 Å². The van der Waals surface area contributed by atoms with Crippen molar-refractivity contribution in [3.05, 3.63) is 24.3 Å². The van der Waals surface area contributed by atoms with E-state index < -0.39 is 12.0 Å². The van der Waals surface area contributed by atoms with Gasteiger partial charge in [0.05, 0.1) is 7.11 Å². The predicted octanol–water partition coefficient (Wildman–Crippen LogP) is 1.04. The first-order valence-corrected chi connectivity index (χ1v) is 6.34. The van der Waals surface area contributed by atoms with E-state index in [2.05, 4.69) is 10.1 Å². The number of nitrogen functional groups attached to an aromatic ring is 1. The molecular formula is C12H16N2O3S. The van der Waals surface area contributed by atoms with Crippen molar-refractivity contribution in [2.45, 2.75) is 17.9 Å². The Labute approximate surface area is 110 Å². The number of carbonyl (C=O) groups is 2. The Hall–Kier alpha value is -1.69. The minimum absolute atomic E-state index is 0.261. The lowest BCUT2D eigenvalue weighted by Gasteiger charge is -2.14. The van der Waals surface area contributed by atoms with Gasteiger partial charge in [0.25, 0.3) is 0 Å². The molecule has 6 heteroatoms. The zero-order valence-corrected chi connectivity index (χ0v) is 11.1. The third-order valence-corrected chi connectivity index (χ3v) is 3.27. The topological polar surface area (TPSA) is 81.4 Å². The molecule has 0 fully saturated rings. The van der Waals surface area contributed by atoms with Gasteiger partial charge in [0.2, 0.25) is 5.91 Å². The van der Waals surface area contributed by atoms with Crippen LogP contribution in [0.15, 0.2) is 29.2 Å². The Bertz CT molecular complexity index is 420. The van der Waals surface area contributed by atoms with Crippen LogP contribution in [0.1, 0.15) is 6.92 Å². The van der Waals surface area contributed by atoms with E-state index in [9.17, 15) is 9.59 Å². The number of nitrogens with one attached hydrogen (secondary N) is 1. The molecule has 0 aromatic heterocycles. The molecule has 5 nitrogen and oxygen atoms in total. The Kier molecular flexibility index (Phi) is 5.51. The highest BCUT2D eigenvalue weighted by molar-refractivity contribution is 7.99. The molecule has 0 saturated heterocycles. The first kappa shape index (κ1) is 14.4. The summed E-state index contributed by atoms with van der Waals surface area (Å²) in [4.78, 5) is 23.4. The minimum atomic E-state index is -0.643. The third kappa shape index (κ3) is 4.67. The van der Waals surface area contributed by atoms with Crippen LogP contribution in [0.5, 0.6) is 0 Å². The second-order valence-electron chi connectivity index (χ2n) is 3.66. The van der Waals surface area contributed by atoms with Crippen LogP contribution in [0.2, 0.25) is 0 Å². The monoisotopic (exact) mass is 268 g/mol. The van der Waals surface area contributed by atoms with Gasteiger partial charge in [0.1, 0.15) is 6.04 Å². The zero-order chi connectivity index (χ0) is 13.5. The predicted molar refractivity (Wildman–Crippen MR) is 71.2 cm³/mol. The van der Waals surface area contributed by atoms with Crippen molar-refractivity contribution in [2.75, 3.05) is 18.6 Å². The second-order valence-corrected chi connectivity index (χ2v) is 4.75. The van der Waals surface area contributed by atoms with E-state index in [4.69, 9.17) is 5.73 Å². The van der Waals surface area contributed by atoms with Gasteiger partial charge >= 0.3 is 5.97 Å². The average Bonchev–Trinajstić information content (AvgIpc) is 2.35. The van der Waals surface area contributed by atoms with E-state index in [-0.39, 0.29) is 5.91 Å². The van der Waals surface area contributed by atoms with Crippen LogP contribution in [0.3, 0.4) is 0 Å². The maximum Gasteiger partial charge on any atom is 0.329 e. The average molecular weight is 268 g/mol. The molecule has 0 saturated carbocycles. The van der Waals surface area contributed by atoms with Crippen molar-refractivity contribution >= 4 is 29.3 Å². The van der Waals surface area contributed by atoms with Crippen LogP contribution in [0.4, 0.5) is 5.69 Å². The highest BCUT2D eigenvalue weighted by Gasteiger charge is 2.20. The highest BCUT2D eigenvalue weighted by Crippen LogP contribution is 2.20. The third-order valence-electron chi connectivity index (χ3n) is 2.16. The van der Waals surface area contributed by atoms with Gasteiger partial charge < -0.3 is 15.8 Å². The number of hydrogen-bond donors (Lipinski definition) is 2. The molecule has 98 valence electrons. The van der Waals surface area contributed by atoms with Gasteiger partial charge in [0.15, 0.2) is 0 Å². The number of amides is 1. The lowest BCUT2D eigenvalue weighted by atomic mass is 10.3. The fourth-order valence-electron chi connectivity index (χ4n) is 1.30. The fourth-order valence-corrected chi connectivity index (χ4v) is 2.21. The van der Waals surface area contributed by atoms with Crippen molar-refractivity contribution < 1.29 is 14.3 Å². The van der Waals surface area contributed by atoms with Gasteiger partial charge in [0, 0.05) is 23.3 Å². The Morgan fingerprint density at radius 1 is 1.39 bits per heavy atom. The Morgan fingerprint density at radius 3 is 2.50 bits per heavy atom. The molecule has 0 aliphatic rings. The number of ether oxygens (including phenoxy) is 1. The van der Waals surface area contributed by atoms with Gasteiger partial charge in [-0.25, -0.2) is 4.79 Å². The van der Waals surface area contributed by atoms with E-state index in [1.165, 1.54) is 25.8 Å². The normalized spacial score (nSPS) is 11.7. The molecule has 1 aromatic rings. The maximum absolute atomic E-state index is 11.5. The number of nitrogens with two attached hydrogens (primary N) is 1. The number of anilines is 1. The van der Waals surface area contributed by atoms with E-state index in [0.29, 0.717) is 11.4 Å². The summed E-state index contributed by atoms with van der Waals surface area (Å²) in [6, 6.07) is 6.65. The molecule has 18 heavy (non-hydrogen) atoms. The number of thioether (sulfide) groups is 1. The van der Waals surface area contributed by atoms with Gasteiger partial charge in [-0.05, 0) is 24.3 Å². The van der Waals surface area contributed by atoms with Crippen LogP contribution in [0.25, 0.3) is 0 Å². The molecule has 1 aromatic carbocycles. The molecule has 0 unspecified atom stereocenters. The number of rotatable bonds is 5. The van der Waals surface area contributed by atoms with Crippen LogP contribution in [0, 0.1) is 0 Å². The molecule has 0 aliphatic carbocycles. The summed E-state index contributed by atoms with van der Waals surface area (Å²) in [5, 5.41) is 2.55. The number of methoxy groups -OCH3 is 1. The molecule has 0 heterocycles. The number of carbonyl (C=O) groups excluding carboxylic acids is 2. The number of hydrogen-bond acceptors (Lipinski definition) is 5. The van der Waals surface area contributed by atoms with Crippen molar-refractivity contribution in [3.8, 4) is 0 Å². The molecule has 0 spiro atoms. The van der Waals surface area contributed by atoms with E-state index in [1.54, 1.807) is 12.1 Å². The Morgan fingerprint density at radius 2 is 2.00 bits per heavy atom. The number of benzene rings is 1. The SMILES string of the molecule is COC(=O)[C@H](CSc1ccc(N)cc1)NC(C)=O. The van der Waals surface area contributed by atoms with Gasteiger partial charge in [-0.2, -0.15) is 0 Å². The van der Waals surface area contributed by atoms with E-state index >= 15 is 0 Å². The standard InChI is InChI=1S/C12H16N2O3S/c1-8(15)14-11(12(16)17-2)7-18-10-5-3-9(13)4-6-10/h3-6,11H,7,13H2,1-2H3,(H,14,15)/t11-/m0/s1. The maximum atomic E-state index is 11.5. The number of esters is 1. The summed E-state index contributed by atoms with van der Waals surface area (Å²) in [5.74, 6) is -0.299. The minimum Gasteiger partial charge on any atom is -0.467 e. The Balaban J connectivity index is 2.58. The van der Waals surface area contributed by atoms with Gasteiger partial charge in [-0.3, -0.25) is 4.79 Å². The molecule has 1 amide bonds. The van der Waals surface area contributed by atoms with Gasteiger partial charge in [-0.15, -0.1) is 11.8 Å². The van der Waals surface area contributed by atoms with Crippen LogP contribution >= 0.6 is 11.8 Å². The summed E-state index contributed by atoms with van der Waals surface area (Å²) >= 11 is 1.45. The molecular weight excluding hydrogens is 252 g/mol. The summed E-state index contributed by atoms with van der Waals surface area (Å²) < 4.78 is 4.63. The summed E-state index contributed by atoms with van der Waals surface area (Å²) in [5.41, 5.74) is 6.26. The smallest absolute Gasteiger partial charge is 0.329 e. The zero-order valence-electron chi connectivity index (χ0n) is 10.3. The van der Waals surface area contributed by atoms with Crippen LogP contribution < -0.4 is 11.1 Å². The fraction of sp³-hybridized carbons (Fsp3) is 0.333. The molecule has 0 radical (unpaired) electrons. The van der Waals surface area contributed by atoms with E-state index in [1.807, 2.05) is 12.1 Å².